The molecule has 3 N–H and O–H groups in total. The van der Waals surface area contributed by atoms with Crippen LogP contribution in [0, 0.1) is 12.8 Å². The number of likely N-dealkylation sites (tertiary alicyclic amines) is 1. The minimum absolute atomic E-state index is 0.0120. The molecule has 0 aromatic carbocycles. The third-order valence-electron chi connectivity index (χ3n) is 5.30. The summed E-state index contributed by atoms with van der Waals surface area (Å²) in [6.07, 6.45) is 1.83. The van der Waals surface area contributed by atoms with Crippen LogP contribution in [-0.2, 0) is 4.79 Å². The van der Waals surface area contributed by atoms with Gasteiger partial charge in [0.15, 0.2) is 0 Å². The third-order valence-corrected chi connectivity index (χ3v) is 5.30. The van der Waals surface area contributed by atoms with Gasteiger partial charge >= 0.3 is 6.03 Å². The molecule has 9 heteroatoms. The molecule has 0 bridgehead atoms. The highest BCUT2D eigenvalue weighted by Crippen LogP contribution is 2.17. The normalized spacial score (nSPS) is 20.4. The van der Waals surface area contributed by atoms with E-state index >= 15 is 0 Å². The molecule has 0 aliphatic carbocycles. The maximum atomic E-state index is 12.7. The Labute approximate surface area is 166 Å². The topological polar surface area (TPSA) is 108 Å². The van der Waals surface area contributed by atoms with Gasteiger partial charge in [0, 0.05) is 63.0 Å². The second kappa shape index (κ2) is 8.62. The maximum Gasteiger partial charge on any atom is 0.317 e. The number of aromatic nitrogens is 2. The van der Waals surface area contributed by atoms with Crippen LogP contribution in [0.2, 0.25) is 0 Å². The van der Waals surface area contributed by atoms with Crippen LogP contribution in [-0.4, -0.2) is 77.0 Å². The summed E-state index contributed by atoms with van der Waals surface area (Å²) in [5, 5.41) is 3.11. The average Bonchev–Trinajstić information content (AvgIpc) is 2.67. The number of nitrogens with zero attached hydrogens (tertiary/aromatic N) is 5. The third kappa shape index (κ3) is 4.82. The van der Waals surface area contributed by atoms with E-state index in [1.54, 1.807) is 0 Å². The Morgan fingerprint density at radius 1 is 1.14 bits per heavy atom. The van der Waals surface area contributed by atoms with Gasteiger partial charge in [-0.15, -0.1) is 0 Å². The van der Waals surface area contributed by atoms with E-state index in [1.807, 2.05) is 36.6 Å². The quantitative estimate of drug-likeness (QED) is 0.793. The maximum absolute atomic E-state index is 12.7. The number of carbonyl (C=O) groups excluding carboxylic acids is 2. The number of aryl methyl sites for hydroxylation is 1. The Morgan fingerprint density at radius 3 is 2.50 bits per heavy atom. The molecule has 3 heterocycles. The predicted molar refractivity (Wildman–Crippen MR) is 108 cm³/mol. The first-order valence-corrected chi connectivity index (χ1v) is 10.0. The first-order chi connectivity index (χ1) is 13.3. The van der Waals surface area contributed by atoms with E-state index < -0.39 is 0 Å². The largest absolute Gasteiger partial charge is 0.368 e. The highest BCUT2D eigenvalue weighted by Gasteiger charge is 2.28. The molecular weight excluding hydrogens is 358 g/mol. The van der Waals surface area contributed by atoms with Crippen molar-refractivity contribution in [2.24, 2.45) is 5.92 Å². The SMILES string of the molecule is Cc1cc(N2CCN(C(=O)NC3CCCN(C(=O)C(C)C)C3)CC2)nc(N)n1. The van der Waals surface area contributed by atoms with Crippen LogP contribution >= 0.6 is 0 Å². The van der Waals surface area contributed by atoms with Gasteiger partial charge in [-0.1, -0.05) is 13.8 Å². The van der Waals surface area contributed by atoms with Crippen molar-refractivity contribution in [3.63, 3.8) is 0 Å². The van der Waals surface area contributed by atoms with Gasteiger partial charge in [0.05, 0.1) is 0 Å². The molecule has 0 spiro atoms. The molecule has 2 aliphatic rings. The number of nitrogens with one attached hydrogen (secondary N) is 1. The molecule has 2 aliphatic heterocycles. The Morgan fingerprint density at radius 2 is 1.86 bits per heavy atom. The average molecular weight is 390 g/mol. The second-order valence-electron chi connectivity index (χ2n) is 7.93. The fourth-order valence-electron chi connectivity index (χ4n) is 3.80. The molecule has 9 nitrogen and oxygen atoms in total. The summed E-state index contributed by atoms with van der Waals surface area (Å²) in [6, 6.07) is 1.88. The summed E-state index contributed by atoms with van der Waals surface area (Å²) in [7, 11) is 0. The van der Waals surface area contributed by atoms with Gasteiger partial charge < -0.3 is 25.8 Å². The van der Waals surface area contributed by atoms with Gasteiger partial charge in [0.25, 0.3) is 0 Å². The fourth-order valence-corrected chi connectivity index (χ4v) is 3.80. The van der Waals surface area contributed by atoms with Crippen molar-refractivity contribution in [2.45, 2.75) is 39.7 Å². The molecule has 1 aromatic rings. The summed E-state index contributed by atoms with van der Waals surface area (Å²) in [4.78, 5) is 39.1. The Bertz CT molecular complexity index is 696. The lowest BCUT2D eigenvalue weighted by molar-refractivity contribution is -0.135. The number of carbonyl (C=O) groups is 2. The first kappa shape index (κ1) is 20.2. The number of urea groups is 1. The molecule has 1 unspecified atom stereocenters. The van der Waals surface area contributed by atoms with E-state index in [9.17, 15) is 9.59 Å². The number of piperazine rings is 1. The van der Waals surface area contributed by atoms with Crippen molar-refractivity contribution >= 4 is 23.7 Å². The number of piperidine rings is 1. The zero-order valence-electron chi connectivity index (χ0n) is 17.0. The number of amides is 3. The standard InChI is InChI=1S/C19H31N7O2/c1-13(2)17(27)26-6-4-5-15(12-26)22-19(28)25-9-7-24(8-10-25)16-11-14(3)21-18(20)23-16/h11,13,15H,4-10,12H2,1-3H3,(H,22,28)(H2,20,21,23). The predicted octanol–water partition coefficient (Wildman–Crippen LogP) is 0.846. The lowest BCUT2D eigenvalue weighted by Gasteiger charge is -2.38. The van der Waals surface area contributed by atoms with E-state index in [0.717, 1.165) is 30.9 Å². The van der Waals surface area contributed by atoms with Gasteiger partial charge in [-0.2, -0.15) is 4.98 Å². The molecule has 3 amide bonds. The van der Waals surface area contributed by atoms with Crippen LogP contribution in [0.4, 0.5) is 16.6 Å². The molecular formula is C19H31N7O2. The summed E-state index contributed by atoms with van der Waals surface area (Å²) < 4.78 is 0. The van der Waals surface area contributed by atoms with E-state index in [2.05, 4.69) is 20.2 Å². The van der Waals surface area contributed by atoms with Crippen LogP contribution in [0.15, 0.2) is 6.07 Å². The monoisotopic (exact) mass is 389 g/mol. The minimum atomic E-state index is -0.0538. The molecule has 2 fully saturated rings. The van der Waals surface area contributed by atoms with E-state index in [1.165, 1.54) is 0 Å². The van der Waals surface area contributed by atoms with Crippen LogP contribution in [0.25, 0.3) is 0 Å². The minimum Gasteiger partial charge on any atom is -0.368 e. The smallest absolute Gasteiger partial charge is 0.317 e. The molecule has 154 valence electrons. The Balaban J connectivity index is 1.50. The number of rotatable bonds is 3. The molecule has 0 radical (unpaired) electrons. The van der Waals surface area contributed by atoms with Crippen LogP contribution in [0.5, 0.6) is 0 Å². The lowest BCUT2D eigenvalue weighted by Crippen LogP contribution is -2.56. The number of hydrogen-bond donors (Lipinski definition) is 2. The lowest BCUT2D eigenvalue weighted by atomic mass is 10.0. The van der Waals surface area contributed by atoms with Gasteiger partial charge in [-0.05, 0) is 19.8 Å². The van der Waals surface area contributed by atoms with Crippen molar-refractivity contribution in [3.8, 4) is 0 Å². The Hall–Kier alpha value is -2.58. The molecule has 28 heavy (non-hydrogen) atoms. The van der Waals surface area contributed by atoms with Crippen LogP contribution in [0.1, 0.15) is 32.4 Å². The van der Waals surface area contributed by atoms with Gasteiger partial charge in [-0.3, -0.25) is 4.79 Å². The number of anilines is 2. The van der Waals surface area contributed by atoms with E-state index in [4.69, 9.17) is 5.73 Å². The summed E-state index contributed by atoms with van der Waals surface area (Å²) >= 11 is 0. The molecule has 0 saturated carbocycles. The summed E-state index contributed by atoms with van der Waals surface area (Å²) in [5.41, 5.74) is 6.58. The molecule has 3 rings (SSSR count). The highest BCUT2D eigenvalue weighted by atomic mass is 16.2. The molecule has 2 saturated heterocycles. The van der Waals surface area contributed by atoms with Crippen molar-refractivity contribution in [3.05, 3.63) is 11.8 Å². The second-order valence-corrected chi connectivity index (χ2v) is 7.93. The number of hydrogen-bond acceptors (Lipinski definition) is 6. The van der Waals surface area contributed by atoms with Crippen molar-refractivity contribution < 1.29 is 9.59 Å². The van der Waals surface area contributed by atoms with E-state index in [0.29, 0.717) is 32.7 Å². The number of nitrogens with two attached hydrogens (primary N) is 1. The number of nitrogen functional groups attached to an aromatic ring is 1. The summed E-state index contributed by atoms with van der Waals surface area (Å²) in [6.45, 7) is 9.74. The van der Waals surface area contributed by atoms with Crippen molar-refractivity contribution in [2.75, 3.05) is 49.9 Å². The van der Waals surface area contributed by atoms with Gasteiger partial charge in [-0.25, -0.2) is 9.78 Å². The van der Waals surface area contributed by atoms with Gasteiger partial charge in [0.1, 0.15) is 5.82 Å². The van der Waals surface area contributed by atoms with Crippen LogP contribution < -0.4 is 16.0 Å². The fraction of sp³-hybridized carbons (Fsp3) is 0.684. The van der Waals surface area contributed by atoms with Gasteiger partial charge in [0.2, 0.25) is 11.9 Å². The highest BCUT2D eigenvalue weighted by molar-refractivity contribution is 5.78. The summed E-state index contributed by atoms with van der Waals surface area (Å²) in [5.74, 6) is 1.22. The molecule has 1 atom stereocenters. The Kier molecular flexibility index (Phi) is 6.21. The first-order valence-electron chi connectivity index (χ1n) is 10.0. The zero-order valence-corrected chi connectivity index (χ0v) is 17.0. The van der Waals surface area contributed by atoms with E-state index in [-0.39, 0.29) is 29.8 Å². The van der Waals surface area contributed by atoms with Crippen molar-refractivity contribution in [1.82, 2.24) is 25.1 Å². The zero-order chi connectivity index (χ0) is 20.3. The molecule has 1 aromatic heterocycles. The van der Waals surface area contributed by atoms with Crippen LogP contribution in [0.3, 0.4) is 0 Å². The van der Waals surface area contributed by atoms with Crippen molar-refractivity contribution in [1.29, 1.82) is 0 Å².